The van der Waals surface area contributed by atoms with E-state index in [4.69, 9.17) is 16.0 Å². The van der Waals surface area contributed by atoms with Crippen LogP contribution in [0.3, 0.4) is 0 Å². The van der Waals surface area contributed by atoms with Crippen molar-refractivity contribution in [3.8, 4) is 0 Å². The highest BCUT2D eigenvalue weighted by Gasteiger charge is 2.21. The molecule has 0 fully saturated rings. The number of hydrogen-bond acceptors (Lipinski definition) is 5. The van der Waals surface area contributed by atoms with Crippen LogP contribution >= 0.6 is 23.3 Å². The molecule has 0 amide bonds. The fraction of sp³-hybridized carbons (Fsp3) is 0.286. The highest BCUT2D eigenvalue weighted by Crippen LogP contribution is 2.31. The number of fused-ring (bicyclic) bond motifs is 1. The van der Waals surface area contributed by atoms with Crippen LogP contribution in [-0.2, 0) is 0 Å². The topological polar surface area (TPSA) is 51.0 Å². The molecule has 20 heavy (non-hydrogen) atoms. The summed E-state index contributed by atoms with van der Waals surface area (Å²) in [5.74, 6) is 0.814. The second kappa shape index (κ2) is 5.91. The molecule has 6 heteroatoms. The van der Waals surface area contributed by atoms with Crippen molar-refractivity contribution in [1.29, 1.82) is 0 Å². The van der Waals surface area contributed by atoms with Crippen LogP contribution in [-0.4, -0.2) is 15.3 Å². The first-order valence-electron chi connectivity index (χ1n) is 6.48. The Morgan fingerprint density at radius 3 is 3.05 bits per heavy atom. The molecule has 1 N–H and O–H groups in total. The van der Waals surface area contributed by atoms with Gasteiger partial charge in [0.25, 0.3) is 0 Å². The van der Waals surface area contributed by atoms with E-state index in [9.17, 15) is 0 Å². The Bertz CT molecular complexity index is 696. The van der Waals surface area contributed by atoms with Gasteiger partial charge in [0, 0.05) is 5.39 Å². The molecule has 1 unspecified atom stereocenters. The highest BCUT2D eigenvalue weighted by molar-refractivity contribution is 6.99. The van der Waals surface area contributed by atoms with Crippen LogP contribution in [0.5, 0.6) is 0 Å². The van der Waals surface area contributed by atoms with Gasteiger partial charge >= 0.3 is 0 Å². The van der Waals surface area contributed by atoms with Crippen molar-refractivity contribution in [2.24, 2.45) is 0 Å². The number of hydrogen-bond donors (Lipinski definition) is 1. The summed E-state index contributed by atoms with van der Waals surface area (Å²) in [5.41, 5.74) is 1.59. The minimum absolute atomic E-state index is 0.0860. The number of rotatable bonds is 5. The number of aromatic nitrogens is 2. The third kappa shape index (κ3) is 2.57. The Kier molecular flexibility index (Phi) is 4.00. The average molecular weight is 308 g/mol. The lowest BCUT2D eigenvalue weighted by Gasteiger charge is -2.13. The van der Waals surface area contributed by atoms with Crippen molar-refractivity contribution in [2.45, 2.75) is 19.4 Å². The predicted molar refractivity (Wildman–Crippen MR) is 81.3 cm³/mol. The maximum Gasteiger partial charge on any atom is 0.152 e. The number of halogens is 1. The molecule has 3 rings (SSSR count). The maximum absolute atomic E-state index is 6.16. The first-order chi connectivity index (χ1) is 9.79. The molecule has 3 aromatic rings. The smallest absolute Gasteiger partial charge is 0.152 e. The van der Waals surface area contributed by atoms with Crippen LogP contribution in [0.4, 0.5) is 0 Å². The Labute approximate surface area is 126 Å². The number of nitrogens with one attached hydrogen (secondary N) is 1. The van der Waals surface area contributed by atoms with Crippen LogP contribution in [0.25, 0.3) is 11.0 Å². The fourth-order valence-electron chi connectivity index (χ4n) is 2.13. The van der Waals surface area contributed by atoms with E-state index in [2.05, 4.69) is 21.0 Å². The molecule has 1 atom stereocenters. The lowest BCUT2D eigenvalue weighted by atomic mass is 10.1. The quantitative estimate of drug-likeness (QED) is 0.773. The molecule has 0 radical (unpaired) electrons. The molecule has 0 bridgehead atoms. The zero-order chi connectivity index (χ0) is 13.9. The van der Waals surface area contributed by atoms with Crippen molar-refractivity contribution in [3.63, 3.8) is 0 Å². The molecule has 0 saturated carbocycles. The van der Waals surface area contributed by atoms with Crippen LogP contribution in [0, 0.1) is 0 Å². The maximum atomic E-state index is 6.16. The Balaban J connectivity index is 2.02. The molecule has 4 nitrogen and oxygen atoms in total. The van der Waals surface area contributed by atoms with Crippen molar-refractivity contribution >= 4 is 34.3 Å². The second-order valence-electron chi connectivity index (χ2n) is 4.53. The summed E-state index contributed by atoms with van der Waals surface area (Å²) in [7, 11) is 0. The van der Waals surface area contributed by atoms with Gasteiger partial charge in [-0.1, -0.05) is 30.7 Å². The molecule has 2 heterocycles. The SMILES string of the molecule is CCCNC(c1cnsn1)c1cc2cccc(Cl)c2o1. The molecule has 104 valence electrons. The second-order valence-corrected chi connectivity index (χ2v) is 5.49. The van der Waals surface area contributed by atoms with Crippen molar-refractivity contribution in [1.82, 2.24) is 14.1 Å². The molecular formula is C14H14ClN3OS. The normalized spacial score (nSPS) is 12.9. The first-order valence-corrected chi connectivity index (χ1v) is 7.59. The van der Waals surface area contributed by atoms with E-state index >= 15 is 0 Å². The summed E-state index contributed by atoms with van der Waals surface area (Å²) < 4.78 is 14.3. The van der Waals surface area contributed by atoms with E-state index in [1.807, 2.05) is 24.3 Å². The van der Waals surface area contributed by atoms with Crippen molar-refractivity contribution < 1.29 is 4.42 Å². The van der Waals surface area contributed by atoms with Crippen LogP contribution in [0.2, 0.25) is 5.02 Å². The third-order valence-corrected chi connectivity index (χ3v) is 3.86. The number of furan rings is 1. The summed E-state index contributed by atoms with van der Waals surface area (Å²) in [4.78, 5) is 0. The summed E-state index contributed by atoms with van der Waals surface area (Å²) in [6.45, 7) is 3.01. The van der Waals surface area contributed by atoms with Gasteiger partial charge in [0.05, 0.1) is 28.6 Å². The molecule has 0 saturated heterocycles. The minimum Gasteiger partial charge on any atom is -0.457 e. The van der Waals surface area contributed by atoms with Gasteiger partial charge < -0.3 is 9.73 Å². The van der Waals surface area contributed by atoms with Crippen LogP contribution < -0.4 is 5.32 Å². The lowest BCUT2D eigenvalue weighted by molar-refractivity contribution is 0.465. The van der Waals surface area contributed by atoms with E-state index in [-0.39, 0.29) is 6.04 Å². The van der Waals surface area contributed by atoms with Gasteiger partial charge in [0.1, 0.15) is 11.8 Å². The lowest BCUT2D eigenvalue weighted by Crippen LogP contribution is -2.23. The van der Waals surface area contributed by atoms with E-state index < -0.39 is 0 Å². The highest BCUT2D eigenvalue weighted by atomic mass is 35.5. The van der Waals surface area contributed by atoms with Gasteiger partial charge in [0.2, 0.25) is 0 Å². The number of benzene rings is 1. The Morgan fingerprint density at radius 1 is 1.45 bits per heavy atom. The largest absolute Gasteiger partial charge is 0.457 e. The first kappa shape index (κ1) is 13.5. The van der Waals surface area contributed by atoms with Gasteiger partial charge in [0.15, 0.2) is 5.58 Å². The standard InChI is InChI=1S/C14H14ClN3OS/c1-2-6-16-13(11-8-17-20-18-11)12-7-9-4-3-5-10(15)14(9)19-12/h3-5,7-8,13,16H,2,6H2,1H3. The molecular weight excluding hydrogens is 294 g/mol. The van der Waals surface area contributed by atoms with Crippen molar-refractivity contribution in [3.05, 3.63) is 46.9 Å². The van der Waals surface area contributed by atoms with Crippen molar-refractivity contribution in [2.75, 3.05) is 6.54 Å². The zero-order valence-corrected chi connectivity index (χ0v) is 12.5. The molecule has 0 aliphatic carbocycles. The summed E-state index contributed by atoms with van der Waals surface area (Å²) in [6.07, 6.45) is 2.81. The van der Waals surface area contributed by atoms with E-state index in [1.165, 1.54) is 11.7 Å². The van der Waals surface area contributed by atoms with Gasteiger partial charge in [-0.15, -0.1) is 0 Å². The fourth-order valence-corrected chi connectivity index (χ4v) is 2.80. The van der Waals surface area contributed by atoms with Gasteiger partial charge in [-0.2, -0.15) is 8.75 Å². The Morgan fingerprint density at radius 2 is 2.35 bits per heavy atom. The molecule has 0 aliphatic heterocycles. The van der Waals surface area contributed by atoms with E-state index in [0.717, 1.165) is 35.4 Å². The summed E-state index contributed by atoms with van der Waals surface area (Å²) >= 11 is 7.36. The van der Waals surface area contributed by atoms with Gasteiger partial charge in [-0.3, -0.25) is 0 Å². The average Bonchev–Trinajstić information content (AvgIpc) is 3.09. The van der Waals surface area contributed by atoms with Gasteiger partial charge in [-0.05, 0) is 25.1 Å². The van der Waals surface area contributed by atoms with E-state index in [0.29, 0.717) is 5.02 Å². The minimum atomic E-state index is -0.0860. The third-order valence-electron chi connectivity index (χ3n) is 3.07. The predicted octanol–water partition coefficient (Wildman–Crippen LogP) is 4.03. The van der Waals surface area contributed by atoms with E-state index in [1.54, 1.807) is 6.20 Å². The van der Waals surface area contributed by atoms with Gasteiger partial charge in [-0.25, -0.2) is 0 Å². The summed E-state index contributed by atoms with van der Waals surface area (Å²) in [5, 5.41) is 5.06. The molecule has 0 spiro atoms. The zero-order valence-electron chi connectivity index (χ0n) is 11.0. The Hall–Kier alpha value is -1.43. The summed E-state index contributed by atoms with van der Waals surface area (Å²) in [6, 6.07) is 7.66. The molecule has 0 aliphatic rings. The molecule has 1 aromatic carbocycles. The van der Waals surface area contributed by atoms with Crippen LogP contribution in [0.1, 0.15) is 30.8 Å². The molecule has 2 aromatic heterocycles. The number of para-hydroxylation sites is 1. The monoisotopic (exact) mass is 307 g/mol. The number of nitrogens with zero attached hydrogens (tertiary/aromatic N) is 2. The van der Waals surface area contributed by atoms with Crippen LogP contribution in [0.15, 0.2) is 34.9 Å².